The molecule has 0 aliphatic rings. The van der Waals surface area contributed by atoms with Gasteiger partial charge in [0.05, 0.1) is 27.4 Å². The highest BCUT2D eigenvalue weighted by molar-refractivity contribution is 7.92. The van der Waals surface area contributed by atoms with Crippen LogP contribution >= 0.6 is 23.2 Å². The van der Waals surface area contributed by atoms with Crippen molar-refractivity contribution in [2.45, 2.75) is 4.90 Å². The number of fused-ring (bicyclic) bond motifs is 1. The highest BCUT2D eigenvalue weighted by Gasteiger charge is 2.18. The zero-order valence-corrected chi connectivity index (χ0v) is 12.1. The molecule has 0 aliphatic carbocycles. The average Bonchev–Trinajstić information content (AvgIpc) is 3.03. The standard InChI is InChI=1S/C11H8Cl2N4O2S/c12-7-1-2-9(11-10(7)8(13)5-14-11)17-20(18,19)6-3-15-16-4-6/h1-5,14,17H,(H,15,16). The maximum absolute atomic E-state index is 12.1. The van der Waals surface area contributed by atoms with E-state index in [0.717, 1.165) is 0 Å². The number of aromatic nitrogens is 3. The van der Waals surface area contributed by atoms with Crippen LogP contribution in [0.3, 0.4) is 0 Å². The third-order valence-corrected chi connectivity index (χ3v) is 4.71. The molecular weight excluding hydrogens is 323 g/mol. The summed E-state index contributed by atoms with van der Waals surface area (Å²) in [6, 6.07) is 3.14. The van der Waals surface area contributed by atoms with Crippen LogP contribution in [0.15, 0.2) is 35.6 Å². The van der Waals surface area contributed by atoms with E-state index in [9.17, 15) is 8.42 Å². The van der Waals surface area contributed by atoms with Gasteiger partial charge < -0.3 is 4.98 Å². The number of nitrogens with zero attached hydrogens (tertiary/aromatic N) is 1. The topological polar surface area (TPSA) is 90.6 Å². The molecule has 0 radical (unpaired) electrons. The van der Waals surface area contributed by atoms with Crippen molar-refractivity contribution in [1.29, 1.82) is 0 Å². The highest BCUT2D eigenvalue weighted by Crippen LogP contribution is 2.35. The number of halogens is 2. The largest absolute Gasteiger partial charge is 0.358 e. The molecule has 20 heavy (non-hydrogen) atoms. The van der Waals surface area contributed by atoms with Crippen molar-refractivity contribution in [2.75, 3.05) is 4.72 Å². The number of H-pyrrole nitrogens is 2. The first-order valence-corrected chi connectivity index (χ1v) is 7.69. The summed E-state index contributed by atoms with van der Waals surface area (Å²) in [6.45, 7) is 0. The van der Waals surface area contributed by atoms with E-state index in [0.29, 0.717) is 26.6 Å². The van der Waals surface area contributed by atoms with Gasteiger partial charge in [-0.25, -0.2) is 8.42 Å². The van der Waals surface area contributed by atoms with E-state index in [1.54, 1.807) is 18.3 Å². The highest BCUT2D eigenvalue weighted by atomic mass is 35.5. The first-order chi connectivity index (χ1) is 9.49. The third-order valence-electron chi connectivity index (χ3n) is 2.76. The molecule has 3 aromatic rings. The lowest BCUT2D eigenvalue weighted by Crippen LogP contribution is -2.12. The van der Waals surface area contributed by atoms with Gasteiger partial charge >= 0.3 is 0 Å². The van der Waals surface area contributed by atoms with Crippen LogP contribution in [0.5, 0.6) is 0 Å². The predicted octanol–water partition coefficient (Wildman–Crippen LogP) is 3.00. The zero-order valence-electron chi connectivity index (χ0n) is 9.81. The smallest absolute Gasteiger partial charge is 0.265 e. The third kappa shape index (κ3) is 2.13. The minimum absolute atomic E-state index is 0.0400. The second-order valence-corrected chi connectivity index (χ2v) is 6.52. The van der Waals surface area contributed by atoms with E-state index in [4.69, 9.17) is 23.2 Å². The zero-order chi connectivity index (χ0) is 14.3. The van der Waals surface area contributed by atoms with Crippen LogP contribution in [-0.4, -0.2) is 23.6 Å². The van der Waals surface area contributed by atoms with Gasteiger partial charge in [-0.1, -0.05) is 23.2 Å². The van der Waals surface area contributed by atoms with Crippen molar-refractivity contribution in [3.63, 3.8) is 0 Å². The van der Waals surface area contributed by atoms with E-state index in [2.05, 4.69) is 19.9 Å². The van der Waals surface area contributed by atoms with Gasteiger partial charge in [-0.05, 0) is 12.1 Å². The van der Waals surface area contributed by atoms with Crippen LogP contribution in [0.25, 0.3) is 10.9 Å². The van der Waals surface area contributed by atoms with Gasteiger partial charge in [-0.15, -0.1) is 0 Å². The Morgan fingerprint density at radius 1 is 1.15 bits per heavy atom. The molecule has 3 rings (SSSR count). The van der Waals surface area contributed by atoms with Crippen molar-refractivity contribution in [1.82, 2.24) is 15.2 Å². The Morgan fingerprint density at radius 3 is 2.65 bits per heavy atom. The lowest BCUT2D eigenvalue weighted by molar-refractivity contribution is 0.601. The number of benzene rings is 1. The number of aromatic amines is 2. The summed E-state index contributed by atoms with van der Waals surface area (Å²) in [4.78, 5) is 2.94. The molecule has 1 aromatic carbocycles. The second kappa shape index (κ2) is 4.69. The minimum Gasteiger partial charge on any atom is -0.358 e. The summed E-state index contributed by atoms with van der Waals surface area (Å²) in [5.41, 5.74) is 0.882. The second-order valence-electron chi connectivity index (χ2n) is 4.02. The Kier molecular flexibility index (Phi) is 3.12. The fraction of sp³-hybridized carbons (Fsp3) is 0. The van der Waals surface area contributed by atoms with Crippen molar-refractivity contribution >= 4 is 49.8 Å². The van der Waals surface area contributed by atoms with Gasteiger partial charge in [-0.2, -0.15) is 5.10 Å². The average molecular weight is 331 g/mol. The molecule has 2 aromatic heterocycles. The van der Waals surface area contributed by atoms with E-state index in [1.165, 1.54) is 12.4 Å². The molecule has 0 amide bonds. The fourth-order valence-electron chi connectivity index (χ4n) is 1.84. The molecule has 0 bridgehead atoms. The van der Waals surface area contributed by atoms with E-state index >= 15 is 0 Å². The van der Waals surface area contributed by atoms with Crippen LogP contribution in [0, 0.1) is 0 Å². The Morgan fingerprint density at radius 2 is 1.95 bits per heavy atom. The molecule has 9 heteroatoms. The summed E-state index contributed by atoms with van der Waals surface area (Å²) in [5, 5.41) is 7.51. The van der Waals surface area contributed by atoms with Gasteiger partial charge in [0.15, 0.2) is 0 Å². The van der Waals surface area contributed by atoms with E-state index < -0.39 is 10.0 Å². The molecule has 0 atom stereocenters. The molecule has 0 fully saturated rings. The monoisotopic (exact) mass is 330 g/mol. The molecular formula is C11H8Cl2N4O2S. The molecule has 0 spiro atoms. The summed E-state index contributed by atoms with van der Waals surface area (Å²) in [7, 11) is -3.71. The minimum atomic E-state index is -3.71. The number of sulfonamides is 1. The molecule has 2 heterocycles. The Balaban J connectivity index is 2.11. The van der Waals surface area contributed by atoms with Gasteiger partial charge in [0.1, 0.15) is 4.90 Å². The van der Waals surface area contributed by atoms with E-state index in [1.807, 2.05) is 0 Å². The molecule has 0 saturated carbocycles. The Labute approximate surface area is 124 Å². The van der Waals surface area contributed by atoms with Crippen LogP contribution in [0.4, 0.5) is 5.69 Å². The number of hydrogen-bond donors (Lipinski definition) is 3. The van der Waals surface area contributed by atoms with Crippen molar-refractivity contribution < 1.29 is 8.42 Å². The summed E-state index contributed by atoms with van der Waals surface area (Å²) in [5.74, 6) is 0. The number of nitrogens with one attached hydrogen (secondary N) is 3. The quantitative estimate of drug-likeness (QED) is 0.689. The lowest BCUT2D eigenvalue weighted by atomic mass is 10.2. The van der Waals surface area contributed by atoms with Gasteiger partial charge in [0.25, 0.3) is 10.0 Å². The molecule has 0 saturated heterocycles. The van der Waals surface area contributed by atoms with Crippen LogP contribution < -0.4 is 4.72 Å². The predicted molar refractivity (Wildman–Crippen MR) is 77.7 cm³/mol. The molecule has 6 nitrogen and oxygen atoms in total. The molecule has 0 aliphatic heterocycles. The van der Waals surface area contributed by atoms with Crippen LogP contribution in [0.2, 0.25) is 10.0 Å². The maximum atomic E-state index is 12.1. The van der Waals surface area contributed by atoms with Crippen LogP contribution in [0.1, 0.15) is 0 Å². The molecule has 104 valence electrons. The summed E-state index contributed by atoms with van der Waals surface area (Å²) in [6.07, 6.45) is 4.06. The first kappa shape index (κ1) is 13.3. The van der Waals surface area contributed by atoms with Gasteiger partial charge in [-0.3, -0.25) is 9.82 Å². The molecule has 0 unspecified atom stereocenters. The Hall–Kier alpha value is -1.70. The lowest BCUT2D eigenvalue weighted by Gasteiger charge is -2.08. The van der Waals surface area contributed by atoms with Crippen molar-refractivity contribution in [3.8, 4) is 0 Å². The van der Waals surface area contributed by atoms with Crippen molar-refractivity contribution in [3.05, 3.63) is 40.8 Å². The number of rotatable bonds is 3. The van der Waals surface area contributed by atoms with Gasteiger partial charge in [0, 0.05) is 17.8 Å². The fourth-order valence-corrected chi connectivity index (χ4v) is 3.38. The van der Waals surface area contributed by atoms with Gasteiger partial charge in [0.2, 0.25) is 0 Å². The normalized spacial score (nSPS) is 11.9. The SMILES string of the molecule is O=S(=O)(Nc1ccc(Cl)c2c(Cl)c[nH]c12)c1cn[nH]c1. The van der Waals surface area contributed by atoms with Crippen LogP contribution in [-0.2, 0) is 10.0 Å². The summed E-state index contributed by atoms with van der Waals surface area (Å²) < 4.78 is 26.8. The summed E-state index contributed by atoms with van der Waals surface area (Å²) >= 11 is 12.1. The molecule has 3 N–H and O–H groups in total. The number of anilines is 1. The maximum Gasteiger partial charge on any atom is 0.265 e. The van der Waals surface area contributed by atoms with E-state index in [-0.39, 0.29) is 4.90 Å². The van der Waals surface area contributed by atoms with Crippen molar-refractivity contribution in [2.24, 2.45) is 0 Å². The first-order valence-electron chi connectivity index (χ1n) is 5.46. The Bertz CT molecular complexity index is 871. The number of hydrogen-bond acceptors (Lipinski definition) is 3.